The van der Waals surface area contributed by atoms with Crippen LogP contribution in [0.25, 0.3) is 12.2 Å². The number of nitriles is 1. The minimum Gasteiger partial charge on any atom is -0.368 e. The van der Waals surface area contributed by atoms with Crippen LogP contribution in [0, 0.1) is 63.6 Å². The third kappa shape index (κ3) is 7.64. The first-order valence-electron chi connectivity index (χ1n) is 27.0. The normalized spacial score (nSPS) is 38.8. The Balaban J connectivity index is 0.993. The average Bonchev–Trinajstić information content (AvgIpc) is 3.81. The van der Waals surface area contributed by atoms with Gasteiger partial charge in [-0.3, -0.25) is 10.2 Å². The van der Waals surface area contributed by atoms with Crippen molar-refractivity contribution >= 4 is 12.2 Å². The highest BCUT2D eigenvalue weighted by Gasteiger charge is 2.58. The number of fused-ring (bicyclic) bond motifs is 5. The van der Waals surface area contributed by atoms with Gasteiger partial charge in [0.05, 0.1) is 30.4 Å². The molecule has 0 bridgehead atoms. The van der Waals surface area contributed by atoms with Crippen molar-refractivity contribution < 1.29 is 0 Å². The highest BCUT2D eigenvalue weighted by Crippen LogP contribution is 2.59. The van der Waals surface area contributed by atoms with Crippen molar-refractivity contribution in [2.24, 2.45) is 52.3 Å². The van der Waals surface area contributed by atoms with E-state index < -0.39 is 0 Å². The van der Waals surface area contributed by atoms with E-state index in [1.807, 2.05) is 5.57 Å². The van der Waals surface area contributed by atoms with Crippen LogP contribution >= 0.6 is 0 Å². The van der Waals surface area contributed by atoms with Crippen LogP contribution in [0.1, 0.15) is 192 Å². The van der Waals surface area contributed by atoms with Crippen molar-refractivity contribution in [2.75, 3.05) is 0 Å². The van der Waals surface area contributed by atoms with Crippen molar-refractivity contribution in [1.29, 1.82) is 5.26 Å². The fourth-order valence-corrected chi connectivity index (χ4v) is 16.1. The van der Waals surface area contributed by atoms with Crippen molar-refractivity contribution in [2.45, 2.75) is 213 Å². The van der Waals surface area contributed by atoms with Gasteiger partial charge in [0.1, 0.15) is 0 Å². The number of nitrogens with zero attached hydrogens (tertiary/aromatic N) is 4. The van der Waals surface area contributed by atoms with Crippen molar-refractivity contribution in [3.05, 3.63) is 81.9 Å². The second-order valence-electron chi connectivity index (χ2n) is 24.9. The Morgan fingerprint density at radius 3 is 2.30 bits per heavy atom. The molecule has 5 nitrogen and oxygen atoms in total. The first kappa shape index (κ1) is 43.5. The largest absolute Gasteiger partial charge is 0.368 e. The molecular weight excluding hydrogens is 779 g/mol. The minimum absolute atomic E-state index is 0.000794. The van der Waals surface area contributed by atoms with Crippen molar-refractivity contribution in [3.63, 3.8) is 0 Å². The summed E-state index contributed by atoms with van der Waals surface area (Å²) in [7, 11) is 0. The molecule has 1 N–H and O–H groups in total. The lowest BCUT2D eigenvalue weighted by atomic mass is 9.64. The number of allylic oxidation sites excluding steroid dienone is 8. The number of nitrogens with one attached hydrogen (secondary N) is 1. The van der Waals surface area contributed by atoms with E-state index in [-0.39, 0.29) is 12.0 Å². The lowest BCUT2D eigenvalue weighted by molar-refractivity contribution is -0.144. The predicted molar refractivity (Wildman–Crippen MR) is 265 cm³/mol. The zero-order valence-electron chi connectivity index (χ0n) is 40.8. The minimum atomic E-state index is 0.000794. The molecular formula is C59H83N5. The summed E-state index contributed by atoms with van der Waals surface area (Å²) in [6.07, 6.45) is 48.9. The lowest BCUT2D eigenvalue weighted by Gasteiger charge is -2.62. The number of aromatic nitrogens is 1. The molecule has 0 amide bonds. The molecule has 0 spiro atoms. The van der Waals surface area contributed by atoms with E-state index in [1.165, 1.54) is 113 Å². The maximum Gasteiger partial charge on any atom is 0.0677 e. The Bertz CT molecular complexity index is 2150. The van der Waals surface area contributed by atoms with E-state index in [4.69, 9.17) is 0 Å². The highest BCUT2D eigenvalue weighted by molar-refractivity contribution is 5.69. The summed E-state index contributed by atoms with van der Waals surface area (Å²) in [5.74, 6) is 3.95. The molecule has 10 aliphatic rings. The first-order valence-corrected chi connectivity index (χ1v) is 27.0. The summed E-state index contributed by atoms with van der Waals surface area (Å²) >= 11 is 0. The predicted octanol–water partition coefficient (Wildman–Crippen LogP) is 13.9. The van der Waals surface area contributed by atoms with Crippen LogP contribution in [0.15, 0.2) is 59.4 Å². The second-order valence-corrected chi connectivity index (χ2v) is 24.9. The fourth-order valence-electron chi connectivity index (χ4n) is 16.1. The van der Waals surface area contributed by atoms with Gasteiger partial charge < -0.3 is 9.47 Å². The number of hydrogen-bond donors (Lipinski definition) is 1. The van der Waals surface area contributed by atoms with E-state index in [2.05, 4.69) is 122 Å². The maximum atomic E-state index is 11.5. The average molecular weight is 862 g/mol. The van der Waals surface area contributed by atoms with Crippen LogP contribution in [-0.4, -0.2) is 44.8 Å². The van der Waals surface area contributed by atoms with Crippen molar-refractivity contribution in [3.8, 4) is 6.07 Å². The Morgan fingerprint density at radius 1 is 0.703 bits per heavy atom. The van der Waals surface area contributed by atoms with E-state index in [9.17, 15) is 5.26 Å². The summed E-state index contributed by atoms with van der Waals surface area (Å²) < 4.78 is 2.80. The Labute approximate surface area is 388 Å². The summed E-state index contributed by atoms with van der Waals surface area (Å²) in [6, 6.07) is 4.90. The van der Waals surface area contributed by atoms with Crippen molar-refractivity contribution in [1.82, 2.24) is 19.7 Å². The molecule has 13 atom stereocenters. The van der Waals surface area contributed by atoms with Gasteiger partial charge in [-0.1, -0.05) is 95.7 Å². The molecule has 8 aliphatic carbocycles. The topological polar surface area (TPSA) is 47.2 Å². The smallest absolute Gasteiger partial charge is 0.0677 e. The molecule has 3 heterocycles. The van der Waals surface area contributed by atoms with E-state index >= 15 is 0 Å². The van der Waals surface area contributed by atoms with Gasteiger partial charge in [-0.2, -0.15) is 5.26 Å². The van der Waals surface area contributed by atoms with Gasteiger partial charge in [0.15, 0.2) is 0 Å². The first-order chi connectivity index (χ1) is 31.0. The third-order valence-corrected chi connectivity index (χ3v) is 19.6. The fraction of sp³-hybridized carbons (Fsp3) is 0.712. The summed E-state index contributed by atoms with van der Waals surface area (Å²) in [5, 5.41) is 16.0. The highest BCUT2D eigenvalue weighted by atomic mass is 15.5. The lowest BCUT2D eigenvalue weighted by Crippen LogP contribution is -2.78. The van der Waals surface area contributed by atoms with E-state index in [0.717, 1.165) is 50.4 Å². The zero-order chi connectivity index (χ0) is 43.9. The number of rotatable bonds is 6. The van der Waals surface area contributed by atoms with Gasteiger partial charge in [-0.25, -0.2) is 0 Å². The molecule has 2 aliphatic heterocycles. The molecule has 0 aromatic carbocycles. The summed E-state index contributed by atoms with van der Waals surface area (Å²) in [5.41, 5.74) is 12.1. The number of hydrogen-bond acceptors (Lipinski definition) is 4. The SMILES string of the molecule is CC(C)(C)C1CCC2=C(C1)C1CC(C(C)(C)C)CCC1N2C1CC(n2c3c(c4c2CCC=C4)CCC=C3)C(C#N)CC1C1NC(C2CC=C(C3C=CCCC3)CC2)N1C1CC=CCC1. The van der Waals surface area contributed by atoms with Gasteiger partial charge in [-0.15, -0.1) is 0 Å². The standard InChI is InChI=1S/C59H83N5/c1-58(2,3)42-29-31-52-47(34-42)48-35-43(59(4,5)6)30-32-53(48)64(52)55-36-54(63-50-23-15-13-21-45(50)46-22-14-16-24-51(46)63)41(37-60)33-49(55)57-61-56(62(57)44-19-11-8-12-20-44)40-27-25-39(26-28-40)38-17-9-7-10-18-38/h8-9,11,13,16-17,21,24-25,38,40-44,47,49,52,54-57,61H,7,10,12,14-15,18-20,22-23,26-36H2,1-6H3. The Kier molecular flexibility index (Phi) is 11.7. The second kappa shape index (κ2) is 17.2. The molecule has 5 heteroatoms. The summed E-state index contributed by atoms with van der Waals surface area (Å²) in [6.45, 7) is 15.1. The summed E-state index contributed by atoms with van der Waals surface area (Å²) in [4.78, 5) is 6.27. The van der Waals surface area contributed by atoms with Crippen LogP contribution < -0.4 is 5.32 Å². The van der Waals surface area contributed by atoms with Gasteiger partial charge in [-0.05, 0) is 192 Å². The van der Waals surface area contributed by atoms with Gasteiger partial charge in [0.2, 0.25) is 0 Å². The van der Waals surface area contributed by atoms with E-state index in [0.29, 0.717) is 65.0 Å². The Hall–Kier alpha value is -3.07. The van der Waals surface area contributed by atoms with Gasteiger partial charge in [0.25, 0.3) is 0 Å². The van der Waals surface area contributed by atoms with Crippen LogP contribution in [0.3, 0.4) is 0 Å². The van der Waals surface area contributed by atoms with E-state index in [1.54, 1.807) is 16.8 Å². The third-order valence-electron chi connectivity index (χ3n) is 19.6. The monoisotopic (exact) mass is 862 g/mol. The quantitative estimate of drug-likeness (QED) is 0.290. The molecule has 3 fully saturated rings. The van der Waals surface area contributed by atoms with Gasteiger partial charge >= 0.3 is 0 Å². The van der Waals surface area contributed by atoms with Gasteiger partial charge in [0, 0.05) is 47.0 Å². The van der Waals surface area contributed by atoms with Crippen LogP contribution in [0.4, 0.5) is 0 Å². The molecule has 1 saturated heterocycles. The Morgan fingerprint density at radius 2 is 1.55 bits per heavy atom. The molecule has 11 rings (SSSR count). The molecule has 1 aromatic rings. The van der Waals surface area contributed by atoms with Crippen LogP contribution in [-0.2, 0) is 12.8 Å². The zero-order valence-corrected chi connectivity index (χ0v) is 40.8. The molecule has 64 heavy (non-hydrogen) atoms. The van der Waals surface area contributed by atoms with Crippen LogP contribution in [0.2, 0.25) is 0 Å². The molecule has 1 aromatic heterocycles. The molecule has 344 valence electrons. The molecule has 2 saturated carbocycles. The molecule has 13 unspecified atom stereocenters. The molecule has 0 radical (unpaired) electrons. The van der Waals surface area contributed by atoms with Crippen LogP contribution in [0.5, 0.6) is 0 Å². The maximum absolute atomic E-state index is 11.5.